The summed E-state index contributed by atoms with van der Waals surface area (Å²) in [5.74, 6) is -1.12. The molecule has 2 aromatic rings. The molecule has 2 aromatic carbocycles. The first-order valence-electron chi connectivity index (χ1n) is 8.81. The molecule has 6 atom stereocenters. The van der Waals surface area contributed by atoms with Crippen LogP contribution in [-0.2, 0) is 23.8 Å². The molecule has 3 aliphatic rings. The van der Waals surface area contributed by atoms with E-state index in [1.165, 1.54) is 7.11 Å². The molecule has 0 radical (unpaired) electrons. The summed E-state index contributed by atoms with van der Waals surface area (Å²) in [4.78, 5) is 25.3. The van der Waals surface area contributed by atoms with Crippen LogP contribution in [0.15, 0.2) is 42.5 Å². The van der Waals surface area contributed by atoms with Crippen molar-refractivity contribution in [3.63, 3.8) is 0 Å². The second-order valence-corrected chi connectivity index (χ2v) is 7.10. The first-order chi connectivity index (χ1) is 12.7. The van der Waals surface area contributed by atoms with Crippen molar-refractivity contribution in [1.29, 1.82) is 0 Å². The molecule has 3 aliphatic heterocycles. The maximum Gasteiger partial charge on any atom is 0.323 e. The van der Waals surface area contributed by atoms with Crippen LogP contribution in [0.3, 0.4) is 0 Å². The third-order valence-corrected chi connectivity index (χ3v) is 5.81. The third kappa shape index (κ3) is 2.23. The quantitative estimate of drug-likeness (QED) is 0.827. The number of esters is 1. The van der Waals surface area contributed by atoms with Gasteiger partial charge in [-0.05, 0) is 22.4 Å². The molecule has 0 aromatic heterocycles. The Morgan fingerprint density at radius 2 is 2.00 bits per heavy atom. The first kappa shape index (κ1) is 15.9. The minimum atomic E-state index is -0.817. The molecule has 0 spiro atoms. The van der Waals surface area contributed by atoms with Crippen LogP contribution in [0.2, 0.25) is 0 Å². The number of ketones is 1. The Hall–Kier alpha value is -2.28. The van der Waals surface area contributed by atoms with Crippen molar-refractivity contribution >= 4 is 22.5 Å². The highest BCUT2D eigenvalue weighted by molar-refractivity contribution is 5.90. The molecular formula is C20H19NO5. The van der Waals surface area contributed by atoms with Crippen LogP contribution in [0, 0.1) is 11.8 Å². The number of hydrogen-bond donors (Lipinski definition) is 1. The average molecular weight is 353 g/mol. The number of Topliss-reactive ketones (excluding diaryl/α,β-unsaturated/α-hetero) is 1. The number of benzene rings is 2. The zero-order valence-corrected chi connectivity index (χ0v) is 14.3. The van der Waals surface area contributed by atoms with Gasteiger partial charge in [0.05, 0.1) is 19.8 Å². The lowest BCUT2D eigenvalue weighted by molar-refractivity contribution is -0.166. The molecule has 3 fully saturated rings. The van der Waals surface area contributed by atoms with E-state index in [2.05, 4.69) is 17.4 Å². The zero-order valence-electron chi connectivity index (χ0n) is 14.3. The monoisotopic (exact) mass is 353 g/mol. The van der Waals surface area contributed by atoms with E-state index < -0.39 is 12.3 Å². The maximum absolute atomic E-state index is 12.9. The number of rotatable bonds is 2. The Bertz CT molecular complexity index is 897. The summed E-state index contributed by atoms with van der Waals surface area (Å²) < 4.78 is 16.1. The number of hydrogen-bond acceptors (Lipinski definition) is 6. The molecule has 0 aliphatic carbocycles. The zero-order chi connectivity index (χ0) is 17.8. The van der Waals surface area contributed by atoms with Crippen LogP contribution >= 0.6 is 0 Å². The van der Waals surface area contributed by atoms with Gasteiger partial charge in [0.15, 0.2) is 5.78 Å². The van der Waals surface area contributed by atoms with Crippen LogP contribution in [-0.4, -0.2) is 43.9 Å². The summed E-state index contributed by atoms with van der Waals surface area (Å²) in [6.45, 7) is 0.331. The van der Waals surface area contributed by atoms with Crippen molar-refractivity contribution in [2.45, 2.75) is 24.5 Å². The highest BCUT2D eigenvalue weighted by atomic mass is 16.7. The maximum atomic E-state index is 12.9. The van der Waals surface area contributed by atoms with Gasteiger partial charge in [-0.2, -0.15) is 0 Å². The van der Waals surface area contributed by atoms with E-state index in [4.69, 9.17) is 14.2 Å². The molecule has 6 heteroatoms. The van der Waals surface area contributed by atoms with Crippen molar-refractivity contribution in [3.8, 4) is 0 Å². The van der Waals surface area contributed by atoms with Crippen molar-refractivity contribution in [3.05, 3.63) is 48.0 Å². The lowest BCUT2D eigenvalue weighted by atomic mass is 9.77. The van der Waals surface area contributed by atoms with E-state index in [1.54, 1.807) is 0 Å². The third-order valence-electron chi connectivity index (χ3n) is 5.81. The topological polar surface area (TPSA) is 73.9 Å². The van der Waals surface area contributed by atoms with Crippen molar-refractivity contribution in [2.75, 3.05) is 13.7 Å². The minimum Gasteiger partial charge on any atom is -0.468 e. The molecule has 1 N–H and O–H groups in total. The summed E-state index contributed by atoms with van der Waals surface area (Å²) in [5.41, 5.74) is 0.986. The molecule has 5 rings (SSSR count). The molecule has 26 heavy (non-hydrogen) atoms. The van der Waals surface area contributed by atoms with E-state index >= 15 is 0 Å². The second kappa shape index (κ2) is 5.87. The normalized spacial score (nSPS) is 35.5. The number of methoxy groups -OCH3 is 1. The van der Waals surface area contributed by atoms with Crippen LogP contribution < -0.4 is 5.32 Å². The van der Waals surface area contributed by atoms with E-state index in [1.807, 2.05) is 30.3 Å². The average Bonchev–Trinajstić information content (AvgIpc) is 3.29. The number of carbonyl (C=O) groups is 2. The fourth-order valence-electron chi connectivity index (χ4n) is 4.62. The van der Waals surface area contributed by atoms with E-state index in [9.17, 15) is 9.59 Å². The summed E-state index contributed by atoms with van der Waals surface area (Å²) in [6.07, 6.45) is -1.09. The highest BCUT2D eigenvalue weighted by Crippen LogP contribution is 2.47. The molecule has 2 bridgehead atoms. The number of fused-ring (bicyclic) bond motifs is 5. The van der Waals surface area contributed by atoms with Crippen molar-refractivity contribution < 1.29 is 23.8 Å². The van der Waals surface area contributed by atoms with Gasteiger partial charge in [-0.25, -0.2) is 0 Å². The number of nitrogens with one attached hydrogen (secondary N) is 1. The SMILES string of the molecule is COC(=O)[C@H]1N[C@H](c2ccc3ccccc3c2)[C@H]2C(=O)[C@@H]3OC[C@@H](O3)[C@H]21. The fraction of sp³-hybridized carbons (Fsp3) is 0.400. The molecule has 3 heterocycles. The van der Waals surface area contributed by atoms with Gasteiger partial charge >= 0.3 is 5.97 Å². The Labute approximate surface area is 150 Å². The van der Waals surface area contributed by atoms with Gasteiger partial charge in [0.25, 0.3) is 0 Å². The van der Waals surface area contributed by atoms with Crippen LogP contribution in [0.4, 0.5) is 0 Å². The fourth-order valence-corrected chi connectivity index (χ4v) is 4.62. The Kier molecular flexibility index (Phi) is 3.60. The van der Waals surface area contributed by atoms with E-state index in [0.29, 0.717) is 6.61 Å². The van der Waals surface area contributed by atoms with Crippen molar-refractivity contribution in [1.82, 2.24) is 5.32 Å². The van der Waals surface area contributed by atoms with E-state index in [-0.39, 0.29) is 35.7 Å². The standard InChI is InChI=1S/C20H19NO5/c1-24-19(23)17-14-13-9-25-20(26-13)18(22)15(14)16(21-17)12-7-6-10-4-2-3-5-11(10)8-12/h2-8,13-17,20-21H,9H2,1H3/t13-,14-,15+,16-,17+,20-/m1/s1. The molecule has 3 saturated heterocycles. The number of carbonyl (C=O) groups excluding carboxylic acids is 2. The minimum absolute atomic E-state index is 0.0965. The van der Waals surface area contributed by atoms with Gasteiger partial charge in [0.2, 0.25) is 6.29 Å². The van der Waals surface area contributed by atoms with Gasteiger partial charge in [0.1, 0.15) is 6.04 Å². The Morgan fingerprint density at radius 1 is 1.19 bits per heavy atom. The van der Waals surface area contributed by atoms with Crippen LogP contribution in [0.5, 0.6) is 0 Å². The highest BCUT2D eigenvalue weighted by Gasteiger charge is 2.61. The summed E-state index contributed by atoms with van der Waals surface area (Å²) in [5, 5.41) is 5.59. The lowest BCUT2D eigenvalue weighted by Crippen LogP contribution is -2.48. The van der Waals surface area contributed by atoms with Crippen LogP contribution in [0.25, 0.3) is 10.8 Å². The van der Waals surface area contributed by atoms with Gasteiger partial charge < -0.3 is 14.2 Å². The van der Waals surface area contributed by atoms with Gasteiger partial charge in [-0.3, -0.25) is 14.9 Å². The molecule has 0 amide bonds. The summed E-state index contributed by atoms with van der Waals surface area (Å²) in [6, 6.07) is 13.4. The Balaban J connectivity index is 1.59. The second-order valence-electron chi connectivity index (χ2n) is 7.10. The molecular weight excluding hydrogens is 334 g/mol. The smallest absolute Gasteiger partial charge is 0.323 e. The predicted molar refractivity (Wildman–Crippen MR) is 92.2 cm³/mol. The molecule has 134 valence electrons. The van der Waals surface area contributed by atoms with E-state index in [0.717, 1.165) is 16.3 Å². The lowest BCUT2D eigenvalue weighted by Gasteiger charge is -2.32. The summed E-state index contributed by atoms with van der Waals surface area (Å²) in [7, 11) is 1.36. The molecule has 0 saturated carbocycles. The molecule has 6 nitrogen and oxygen atoms in total. The van der Waals surface area contributed by atoms with Gasteiger partial charge in [0, 0.05) is 17.9 Å². The largest absolute Gasteiger partial charge is 0.468 e. The summed E-state index contributed by atoms with van der Waals surface area (Å²) >= 11 is 0. The molecule has 0 unspecified atom stereocenters. The van der Waals surface area contributed by atoms with Crippen molar-refractivity contribution in [2.24, 2.45) is 11.8 Å². The van der Waals surface area contributed by atoms with Crippen LogP contribution in [0.1, 0.15) is 11.6 Å². The van der Waals surface area contributed by atoms with Gasteiger partial charge in [-0.15, -0.1) is 0 Å². The number of ether oxygens (including phenoxy) is 3. The Morgan fingerprint density at radius 3 is 2.81 bits per heavy atom. The first-order valence-corrected chi connectivity index (χ1v) is 8.81. The van der Waals surface area contributed by atoms with Gasteiger partial charge in [-0.1, -0.05) is 36.4 Å². The predicted octanol–water partition coefficient (Wildman–Crippen LogP) is 1.58.